The summed E-state index contributed by atoms with van der Waals surface area (Å²) in [6.45, 7) is 8.71. The van der Waals surface area contributed by atoms with Gasteiger partial charge in [0, 0.05) is 24.2 Å². The van der Waals surface area contributed by atoms with Crippen molar-refractivity contribution in [3.8, 4) is 11.1 Å². The summed E-state index contributed by atoms with van der Waals surface area (Å²) >= 11 is 0. The quantitative estimate of drug-likeness (QED) is 0.850. The molecule has 0 unspecified atom stereocenters. The zero-order valence-corrected chi connectivity index (χ0v) is 14.3. The van der Waals surface area contributed by atoms with Gasteiger partial charge >= 0.3 is 6.09 Å². The Morgan fingerprint density at radius 1 is 1.13 bits per heavy atom. The standard InChI is InChI=1S/C19H24N2O2/c1-5-11-21-12-9-15(10-13-21)16-7-6-8-17(14-16)20-18(22)23-19(2,3)4/h6-10,12-14H,5,11H2,1-4H3/p+1. The normalized spacial score (nSPS) is 11.1. The Kier molecular flexibility index (Phi) is 5.37. The molecule has 0 aliphatic carbocycles. The third kappa shape index (κ3) is 5.40. The molecule has 23 heavy (non-hydrogen) atoms. The van der Waals surface area contributed by atoms with Crippen molar-refractivity contribution >= 4 is 11.8 Å². The second-order valence-electron chi connectivity index (χ2n) is 6.53. The van der Waals surface area contributed by atoms with Gasteiger partial charge in [-0.1, -0.05) is 19.1 Å². The topological polar surface area (TPSA) is 42.2 Å². The number of nitrogens with zero attached hydrogens (tertiary/aromatic N) is 1. The average molecular weight is 313 g/mol. The lowest BCUT2D eigenvalue weighted by Crippen LogP contribution is -2.31. The molecule has 1 N–H and O–H groups in total. The number of nitrogens with one attached hydrogen (secondary N) is 1. The minimum Gasteiger partial charge on any atom is -0.444 e. The number of aryl methyl sites for hydroxylation is 1. The number of aromatic nitrogens is 1. The number of hydrogen-bond donors (Lipinski definition) is 1. The first-order chi connectivity index (χ1) is 10.9. The molecule has 4 nitrogen and oxygen atoms in total. The Morgan fingerprint density at radius 3 is 2.43 bits per heavy atom. The molecular formula is C19H25N2O2+. The maximum absolute atomic E-state index is 11.9. The van der Waals surface area contributed by atoms with Gasteiger partial charge in [0.15, 0.2) is 12.4 Å². The number of rotatable bonds is 4. The van der Waals surface area contributed by atoms with E-state index in [9.17, 15) is 4.79 Å². The molecule has 0 saturated carbocycles. The molecule has 0 aliphatic rings. The van der Waals surface area contributed by atoms with Gasteiger partial charge in [-0.05, 0) is 44.0 Å². The number of pyridine rings is 1. The maximum Gasteiger partial charge on any atom is 0.412 e. The highest BCUT2D eigenvalue weighted by Crippen LogP contribution is 2.22. The van der Waals surface area contributed by atoms with Crippen LogP contribution in [0.4, 0.5) is 10.5 Å². The molecule has 0 atom stereocenters. The monoisotopic (exact) mass is 313 g/mol. The summed E-state index contributed by atoms with van der Waals surface area (Å²) in [5.41, 5.74) is 2.39. The maximum atomic E-state index is 11.9. The van der Waals surface area contributed by atoms with Crippen LogP contribution in [0.15, 0.2) is 48.8 Å². The van der Waals surface area contributed by atoms with Crippen LogP contribution in [0.5, 0.6) is 0 Å². The molecule has 0 aliphatic heterocycles. The molecule has 4 heteroatoms. The van der Waals surface area contributed by atoms with Crippen LogP contribution in [0.1, 0.15) is 34.1 Å². The predicted molar refractivity (Wildman–Crippen MR) is 92.2 cm³/mol. The van der Waals surface area contributed by atoms with Gasteiger partial charge in [-0.15, -0.1) is 0 Å². The van der Waals surface area contributed by atoms with Crippen LogP contribution in [0.25, 0.3) is 11.1 Å². The van der Waals surface area contributed by atoms with Gasteiger partial charge in [-0.25, -0.2) is 9.36 Å². The number of carbonyl (C=O) groups excluding carboxylic acids is 1. The third-order valence-electron chi connectivity index (χ3n) is 3.21. The summed E-state index contributed by atoms with van der Waals surface area (Å²) in [5, 5.41) is 2.77. The fourth-order valence-electron chi connectivity index (χ4n) is 2.26. The van der Waals surface area contributed by atoms with E-state index in [1.54, 1.807) is 0 Å². The Labute approximate surface area is 138 Å². The van der Waals surface area contributed by atoms with Crippen molar-refractivity contribution in [3.63, 3.8) is 0 Å². The van der Waals surface area contributed by atoms with Crippen LogP contribution in [0.2, 0.25) is 0 Å². The molecule has 1 heterocycles. The van der Waals surface area contributed by atoms with E-state index in [0.29, 0.717) is 0 Å². The van der Waals surface area contributed by atoms with Crippen molar-refractivity contribution in [3.05, 3.63) is 48.8 Å². The van der Waals surface area contributed by atoms with Crippen LogP contribution < -0.4 is 9.88 Å². The SMILES string of the molecule is CCC[n+]1ccc(-c2cccc(NC(=O)OC(C)(C)C)c2)cc1. The van der Waals surface area contributed by atoms with E-state index in [4.69, 9.17) is 4.74 Å². The highest BCUT2D eigenvalue weighted by atomic mass is 16.6. The molecule has 1 amide bonds. The average Bonchev–Trinajstić information content (AvgIpc) is 2.46. The first-order valence-electron chi connectivity index (χ1n) is 7.97. The highest BCUT2D eigenvalue weighted by molar-refractivity contribution is 5.86. The minimum atomic E-state index is -0.506. The largest absolute Gasteiger partial charge is 0.444 e. The molecule has 122 valence electrons. The van der Waals surface area contributed by atoms with E-state index in [0.717, 1.165) is 29.8 Å². The zero-order chi connectivity index (χ0) is 16.9. The Hall–Kier alpha value is -2.36. The van der Waals surface area contributed by atoms with Gasteiger partial charge in [0.1, 0.15) is 12.1 Å². The van der Waals surface area contributed by atoms with Gasteiger partial charge < -0.3 is 4.74 Å². The van der Waals surface area contributed by atoms with Crippen molar-refractivity contribution in [2.75, 3.05) is 5.32 Å². The number of hydrogen-bond acceptors (Lipinski definition) is 2. The summed E-state index contributed by atoms with van der Waals surface area (Å²) in [7, 11) is 0. The third-order valence-corrected chi connectivity index (χ3v) is 3.21. The Morgan fingerprint density at radius 2 is 1.83 bits per heavy atom. The summed E-state index contributed by atoms with van der Waals surface area (Å²) < 4.78 is 7.44. The lowest BCUT2D eigenvalue weighted by atomic mass is 10.1. The van der Waals surface area contributed by atoms with Crippen molar-refractivity contribution in [2.45, 2.75) is 46.3 Å². The van der Waals surface area contributed by atoms with Gasteiger partial charge in [0.05, 0.1) is 0 Å². The second-order valence-corrected chi connectivity index (χ2v) is 6.53. The second kappa shape index (κ2) is 7.27. The van der Waals surface area contributed by atoms with Gasteiger partial charge in [-0.2, -0.15) is 0 Å². The van der Waals surface area contributed by atoms with Gasteiger partial charge in [0.2, 0.25) is 0 Å². The summed E-state index contributed by atoms with van der Waals surface area (Å²) in [6, 6.07) is 11.9. The van der Waals surface area contributed by atoms with Gasteiger partial charge in [0.25, 0.3) is 0 Å². The number of benzene rings is 1. The smallest absolute Gasteiger partial charge is 0.412 e. The van der Waals surface area contributed by atoms with Crippen LogP contribution in [-0.4, -0.2) is 11.7 Å². The molecule has 0 fully saturated rings. The first-order valence-corrected chi connectivity index (χ1v) is 7.97. The first kappa shape index (κ1) is 17.0. The lowest BCUT2D eigenvalue weighted by Gasteiger charge is -2.19. The van der Waals surface area contributed by atoms with Gasteiger partial charge in [-0.3, -0.25) is 5.32 Å². The fourth-order valence-corrected chi connectivity index (χ4v) is 2.26. The molecule has 0 radical (unpaired) electrons. The van der Waals surface area contributed by atoms with E-state index in [1.165, 1.54) is 0 Å². The number of carbonyl (C=O) groups is 1. The minimum absolute atomic E-state index is 0.441. The lowest BCUT2D eigenvalue weighted by molar-refractivity contribution is -0.696. The van der Waals surface area contributed by atoms with E-state index in [1.807, 2.05) is 45.0 Å². The fraction of sp³-hybridized carbons (Fsp3) is 0.368. The summed E-state index contributed by atoms with van der Waals surface area (Å²) in [5.74, 6) is 0. The van der Waals surface area contributed by atoms with Crippen LogP contribution in [0.3, 0.4) is 0 Å². The predicted octanol–water partition coefficient (Wildman–Crippen LogP) is 4.40. The number of amides is 1. The van der Waals surface area contributed by atoms with E-state index < -0.39 is 11.7 Å². The number of anilines is 1. The van der Waals surface area contributed by atoms with Crippen LogP contribution in [0, 0.1) is 0 Å². The zero-order valence-electron chi connectivity index (χ0n) is 14.3. The van der Waals surface area contributed by atoms with E-state index in [2.05, 4.69) is 41.3 Å². The molecule has 1 aromatic heterocycles. The van der Waals surface area contributed by atoms with Crippen LogP contribution >= 0.6 is 0 Å². The van der Waals surface area contributed by atoms with E-state index >= 15 is 0 Å². The summed E-state index contributed by atoms with van der Waals surface area (Å²) in [4.78, 5) is 11.9. The number of ether oxygens (including phenoxy) is 1. The molecule has 2 rings (SSSR count). The molecule has 0 saturated heterocycles. The molecule has 1 aromatic carbocycles. The molecule has 0 bridgehead atoms. The van der Waals surface area contributed by atoms with Crippen molar-refractivity contribution in [1.29, 1.82) is 0 Å². The molecule has 0 spiro atoms. The highest BCUT2D eigenvalue weighted by Gasteiger charge is 2.16. The summed E-state index contributed by atoms with van der Waals surface area (Å²) in [6.07, 6.45) is 4.82. The van der Waals surface area contributed by atoms with Crippen LogP contribution in [-0.2, 0) is 11.3 Å². The molecule has 2 aromatic rings. The van der Waals surface area contributed by atoms with Crippen molar-refractivity contribution < 1.29 is 14.1 Å². The Bertz CT molecular complexity index is 658. The Balaban J connectivity index is 2.11. The molecular weight excluding hydrogens is 288 g/mol. The van der Waals surface area contributed by atoms with Crippen molar-refractivity contribution in [1.82, 2.24) is 0 Å². The van der Waals surface area contributed by atoms with Crippen molar-refractivity contribution in [2.24, 2.45) is 0 Å². The van der Waals surface area contributed by atoms with E-state index in [-0.39, 0.29) is 0 Å².